The summed E-state index contributed by atoms with van der Waals surface area (Å²) in [6, 6.07) is 10.1. The standard InChI is InChI=1S/C17H14FN3O2S/c1-11(9-12-5-2-3-6-13(12)18)17(22)19-10-15-20-16(21-23-15)14-7-4-8-24-14/h2-9H,10H2,1H3,(H,19,22)/b11-9+. The maximum Gasteiger partial charge on any atom is 0.247 e. The summed E-state index contributed by atoms with van der Waals surface area (Å²) in [7, 11) is 0. The quantitative estimate of drug-likeness (QED) is 0.718. The first-order valence-electron chi connectivity index (χ1n) is 7.21. The summed E-state index contributed by atoms with van der Waals surface area (Å²) in [6.07, 6.45) is 1.50. The van der Waals surface area contributed by atoms with Crippen LogP contribution in [0.2, 0.25) is 0 Å². The molecule has 0 aliphatic heterocycles. The zero-order valence-electron chi connectivity index (χ0n) is 12.8. The second kappa shape index (κ2) is 7.18. The lowest BCUT2D eigenvalue weighted by Crippen LogP contribution is -2.23. The molecule has 0 fully saturated rings. The minimum absolute atomic E-state index is 0.111. The lowest BCUT2D eigenvalue weighted by atomic mass is 10.1. The number of thiophene rings is 1. The number of aromatic nitrogens is 2. The Labute approximate surface area is 141 Å². The molecule has 0 saturated carbocycles. The van der Waals surface area contributed by atoms with Gasteiger partial charge in [-0.15, -0.1) is 11.3 Å². The van der Waals surface area contributed by atoms with E-state index in [1.807, 2.05) is 17.5 Å². The topological polar surface area (TPSA) is 68.0 Å². The summed E-state index contributed by atoms with van der Waals surface area (Å²) in [5.74, 6) is 0.106. The number of carbonyl (C=O) groups excluding carboxylic acids is 1. The Balaban J connectivity index is 1.62. The Kier molecular flexibility index (Phi) is 4.81. The number of nitrogens with zero attached hydrogens (tertiary/aromatic N) is 2. The van der Waals surface area contributed by atoms with Gasteiger partial charge in [0.05, 0.1) is 11.4 Å². The van der Waals surface area contributed by atoms with Crippen LogP contribution in [0.15, 0.2) is 51.9 Å². The van der Waals surface area contributed by atoms with Gasteiger partial charge in [-0.3, -0.25) is 4.79 Å². The van der Waals surface area contributed by atoms with Gasteiger partial charge >= 0.3 is 0 Å². The van der Waals surface area contributed by atoms with Gasteiger partial charge in [0.25, 0.3) is 0 Å². The molecule has 24 heavy (non-hydrogen) atoms. The van der Waals surface area contributed by atoms with Crippen molar-refractivity contribution in [3.63, 3.8) is 0 Å². The second-order valence-corrected chi connectivity index (χ2v) is 5.97. The van der Waals surface area contributed by atoms with Crippen molar-refractivity contribution in [2.75, 3.05) is 0 Å². The highest BCUT2D eigenvalue weighted by molar-refractivity contribution is 7.13. The van der Waals surface area contributed by atoms with E-state index in [2.05, 4.69) is 15.5 Å². The summed E-state index contributed by atoms with van der Waals surface area (Å²) < 4.78 is 18.7. The summed E-state index contributed by atoms with van der Waals surface area (Å²) in [5.41, 5.74) is 0.751. The van der Waals surface area contributed by atoms with Crippen LogP contribution in [-0.2, 0) is 11.3 Å². The highest BCUT2D eigenvalue weighted by Crippen LogP contribution is 2.21. The van der Waals surface area contributed by atoms with Gasteiger partial charge < -0.3 is 9.84 Å². The minimum Gasteiger partial charge on any atom is -0.343 e. The van der Waals surface area contributed by atoms with Gasteiger partial charge in [0.1, 0.15) is 5.82 Å². The van der Waals surface area contributed by atoms with Crippen molar-refractivity contribution in [3.05, 3.63) is 64.6 Å². The summed E-state index contributed by atoms with van der Waals surface area (Å²) in [6.45, 7) is 1.73. The van der Waals surface area contributed by atoms with Crippen LogP contribution >= 0.6 is 11.3 Å². The van der Waals surface area contributed by atoms with E-state index >= 15 is 0 Å². The van der Waals surface area contributed by atoms with Gasteiger partial charge in [0.15, 0.2) is 0 Å². The van der Waals surface area contributed by atoms with Gasteiger partial charge in [-0.25, -0.2) is 4.39 Å². The average Bonchev–Trinajstić information content (AvgIpc) is 3.25. The van der Waals surface area contributed by atoms with Crippen LogP contribution in [0.25, 0.3) is 16.8 Å². The van der Waals surface area contributed by atoms with E-state index in [4.69, 9.17) is 4.52 Å². The maximum absolute atomic E-state index is 13.6. The molecule has 0 spiro atoms. The summed E-state index contributed by atoms with van der Waals surface area (Å²) in [4.78, 5) is 17.2. The van der Waals surface area contributed by atoms with E-state index in [9.17, 15) is 9.18 Å². The monoisotopic (exact) mass is 343 g/mol. The van der Waals surface area contributed by atoms with Crippen LogP contribution in [0.4, 0.5) is 4.39 Å². The molecule has 0 aliphatic carbocycles. The number of hydrogen-bond acceptors (Lipinski definition) is 5. The Morgan fingerprint density at radius 1 is 1.33 bits per heavy atom. The molecule has 0 bridgehead atoms. The highest BCUT2D eigenvalue weighted by Gasteiger charge is 2.11. The molecule has 5 nitrogen and oxygen atoms in total. The first kappa shape index (κ1) is 16.1. The molecule has 2 heterocycles. The SMILES string of the molecule is C/C(=C\c1ccccc1F)C(=O)NCc1nc(-c2cccs2)no1. The van der Waals surface area contributed by atoms with E-state index in [-0.39, 0.29) is 18.3 Å². The molecule has 0 aliphatic rings. The number of benzene rings is 1. The van der Waals surface area contributed by atoms with Crippen molar-refractivity contribution in [3.8, 4) is 10.7 Å². The second-order valence-electron chi connectivity index (χ2n) is 5.02. The molecule has 3 aromatic rings. The zero-order chi connectivity index (χ0) is 16.9. The van der Waals surface area contributed by atoms with Crippen LogP contribution in [0.1, 0.15) is 18.4 Å². The molecule has 0 radical (unpaired) electrons. The summed E-state index contributed by atoms with van der Waals surface area (Å²) >= 11 is 1.50. The Morgan fingerprint density at radius 2 is 2.17 bits per heavy atom. The van der Waals surface area contributed by atoms with E-state index < -0.39 is 0 Å². The van der Waals surface area contributed by atoms with Crippen LogP contribution < -0.4 is 5.32 Å². The largest absolute Gasteiger partial charge is 0.343 e. The third-order valence-corrected chi connectivity index (χ3v) is 4.11. The first-order valence-corrected chi connectivity index (χ1v) is 8.09. The molecular formula is C17H14FN3O2S. The Bertz CT molecular complexity index is 872. The third kappa shape index (κ3) is 3.75. The molecular weight excluding hydrogens is 329 g/mol. The lowest BCUT2D eigenvalue weighted by Gasteiger charge is -2.03. The van der Waals surface area contributed by atoms with E-state index in [0.717, 1.165) is 4.88 Å². The van der Waals surface area contributed by atoms with Crippen LogP contribution in [-0.4, -0.2) is 16.0 Å². The number of hydrogen-bond donors (Lipinski definition) is 1. The molecule has 1 aromatic carbocycles. The molecule has 3 rings (SSSR count). The number of nitrogens with one attached hydrogen (secondary N) is 1. The fourth-order valence-electron chi connectivity index (χ4n) is 2.02. The third-order valence-electron chi connectivity index (χ3n) is 3.25. The highest BCUT2D eigenvalue weighted by atomic mass is 32.1. The zero-order valence-corrected chi connectivity index (χ0v) is 13.6. The van der Waals surface area contributed by atoms with Crippen molar-refractivity contribution in [2.24, 2.45) is 0 Å². The number of amides is 1. The molecule has 0 atom stereocenters. The minimum atomic E-state index is -0.373. The fraction of sp³-hybridized carbons (Fsp3) is 0.118. The molecule has 2 aromatic heterocycles. The predicted molar refractivity (Wildman–Crippen MR) is 89.5 cm³/mol. The Morgan fingerprint density at radius 3 is 2.92 bits per heavy atom. The first-order chi connectivity index (χ1) is 11.6. The molecule has 7 heteroatoms. The van der Waals surface area contributed by atoms with Crippen molar-refractivity contribution >= 4 is 23.3 Å². The molecule has 122 valence electrons. The average molecular weight is 343 g/mol. The Hall–Kier alpha value is -2.80. The van der Waals surface area contributed by atoms with Gasteiger partial charge in [-0.05, 0) is 30.5 Å². The van der Waals surface area contributed by atoms with Crippen molar-refractivity contribution < 1.29 is 13.7 Å². The molecule has 1 N–H and O–H groups in total. The van der Waals surface area contributed by atoms with Crippen LogP contribution in [0, 0.1) is 5.82 Å². The number of rotatable bonds is 5. The number of carbonyl (C=O) groups is 1. The summed E-state index contributed by atoms with van der Waals surface area (Å²) in [5, 5.41) is 8.46. The van der Waals surface area contributed by atoms with Crippen molar-refractivity contribution in [1.29, 1.82) is 0 Å². The normalized spacial score (nSPS) is 11.5. The maximum atomic E-state index is 13.6. The van der Waals surface area contributed by atoms with Crippen molar-refractivity contribution in [1.82, 2.24) is 15.5 Å². The van der Waals surface area contributed by atoms with Crippen LogP contribution in [0.3, 0.4) is 0 Å². The molecule has 0 unspecified atom stereocenters. The lowest BCUT2D eigenvalue weighted by molar-refractivity contribution is -0.117. The smallest absolute Gasteiger partial charge is 0.247 e. The van der Waals surface area contributed by atoms with Crippen LogP contribution in [0.5, 0.6) is 0 Å². The number of halogens is 1. The van der Waals surface area contributed by atoms with Gasteiger partial charge in [0.2, 0.25) is 17.6 Å². The van der Waals surface area contributed by atoms with Crippen molar-refractivity contribution in [2.45, 2.75) is 13.5 Å². The van der Waals surface area contributed by atoms with Gasteiger partial charge in [0, 0.05) is 11.1 Å². The van der Waals surface area contributed by atoms with Gasteiger partial charge in [-0.1, -0.05) is 29.4 Å². The molecule has 0 saturated heterocycles. The van der Waals surface area contributed by atoms with E-state index in [1.165, 1.54) is 23.5 Å². The fourth-order valence-corrected chi connectivity index (χ4v) is 2.67. The van der Waals surface area contributed by atoms with E-state index in [1.54, 1.807) is 25.1 Å². The predicted octanol–water partition coefficient (Wildman–Crippen LogP) is 3.66. The molecule has 1 amide bonds. The van der Waals surface area contributed by atoms with Gasteiger partial charge in [-0.2, -0.15) is 4.98 Å². The van der Waals surface area contributed by atoms with E-state index in [0.29, 0.717) is 22.9 Å².